The minimum Gasteiger partial charge on any atom is -0.375 e. The summed E-state index contributed by atoms with van der Waals surface area (Å²) in [6.45, 7) is -0.0391. The van der Waals surface area contributed by atoms with Gasteiger partial charge in [-0.05, 0) is 47.9 Å². The monoisotopic (exact) mass is 458 g/mol. The maximum absolute atomic E-state index is 12.6. The highest BCUT2D eigenvalue weighted by atomic mass is 32.1. The summed E-state index contributed by atoms with van der Waals surface area (Å²) in [5.41, 5.74) is 3.71. The molecule has 0 spiro atoms. The van der Waals surface area contributed by atoms with E-state index < -0.39 is 0 Å². The van der Waals surface area contributed by atoms with Crippen LogP contribution >= 0.6 is 11.3 Å². The van der Waals surface area contributed by atoms with Crippen LogP contribution in [0, 0.1) is 0 Å². The third-order valence-electron chi connectivity index (χ3n) is 4.62. The lowest BCUT2D eigenvalue weighted by Crippen LogP contribution is -2.17. The number of rotatable bonds is 8. The molecule has 0 aliphatic heterocycles. The van der Waals surface area contributed by atoms with Crippen molar-refractivity contribution in [1.82, 2.24) is 9.78 Å². The number of hydrogen-bond acceptors (Lipinski definition) is 5. The van der Waals surface area contributed by atoms with Gasteiger partial charge in [0.2, 0.25) is 11.8 Å². The third-order valence-corrected chi connectivity index (χ3v) is 5.50. The van der Waals surface area contributed by atoms with E-state index in [2.05, 4.69) is 10.6 Å². The second kappa shape index (κ2) is 10.5. The standard InChI is InChI=1S/C25H22N4O3S/c1-32-17-24(31)27-20-8-5-7-19(15-20)26-23(30)13-12-18-16-29(21-9-3-2-4-10-21)28-25(18)22-11-6-14-33-22/h2-16H,17H2,1H3,(H,26,30)(H,27,31)/b13-12+. The molecule has 0 saturated carbocycles. The second-order valence-electron chi connectivity index (χ2n) is 7.08. The lowest BCUT2D eigenvalue weighted by atomic mass is 10.2. The van der Waals surface area contributed by atoms with E-state index in [1.54, 1.807) is 46.4 Å². The van der Waals surface area contributed by atoms with Crippen LogP contribution in [0.2, 0.25) is 0 Å². The molecule has 0 aliphatic rings. The van der Waals surface area contributed by atoms with Crippen LogP contribution in [-0.2, 0) is 14.3 Å². The molecule has 8 heteroatoms. The molecular weight excluding hydrogens is 436 g/mol. The molecule has 0 saturated heterocycles. The first-order chi connectivity index (χ1) is 16.1. The van der Waals surface area contributed by atoms with Gasteiger partial charge in [0.15, 0.2) is 0 Å². The summed E-state index contributed by atoms with van der Waals surface area (Å²) < 4.78 is 6.62. The number of methoxy groups -OCH3 is 1. The number of ether oxygens (including phenoxy) is 1. The van der Waals surface area contributed by atoms with E-state index in [9.17, 15) is 9.59 Å². The molecule has 2 aromatic heterocycles. The molecule has 4 aromatic rings. The Labute approximate surface area is 195 Å². The second-order valence-corrected chi connectivity index (χ2v) is 8.02. The van der Waals surface area contributed by atoms with Crippen molar-refractivity contribution < 1.29 is 14.3 Å². The first-order valence-corrected chi connectivity index (χ1v) is 11.1. The first-order valence-electron chi connectivity index (χ1n) is 10.2. The summed E-state index contributed by atoms with van der Waals surface area (Å²) in [4.78, 5) is 25.3. The van der Waals surface area contributed by atoms with Crippen molar-refractivity contribution in [2.45, 2.75) is 0 Å². The highest BCUT2D eigenvalue weighted by Crippen LogP contribution is 2.28. The van der Waals surface area contributed by atoms with Crippen LogP contribution in [0.1, 0.15) is 5.56 Å². The average Bonchev–Trinajstić information content (AvgIpc) is 3.49. The van der Waals surface area contributed by atoms with Gasteiger partial charge >= 0.3 is 0 Å². The zero-order valence-electron chi connectivity index (χ0n) is 17.9. The van der Waals surface area contributed by atoms with Crippen LogP contribution in [0.25, 0.3) is 22.3 Å². The Morgan fingerprint density at radius 2 is 1.82 bits per heavy atom. The minimum atomic E-state index is -0.292. The van der Waals surface area contributed by atoms with Crippen molar-refractivity contribution in [3.63, 3.8) is 0 Å². The highest BCUT2D eigenvalue weighted by molar-refractivity contribution is 7.13. The number of aromatic nitrogens is 2. The van der Waals surface area contributed by atoms with Gasteiger partial charge in [-0.15, -0.1) is 11.3 Å². The Kier molecular flexibility index (Phi) is 7.09. The third kappa shape index (κ3) is 5.82. The molecule has 0 unspecified atom stereocenters. The average molecular weight is 459 g/mol. The zero-order chi connectivity index (χ0) is 23.0. The van der Waals surface area contributed by atoms with E-state index in [0.717, 1.165) is 21.8 Å². The van der Waals surface area contributed by atoms with Crippen molar-refractivity contribution >= 4 is 40.6 Å². The van der Waals surface area contributed by atoms with Gasteiger partial charge in [-0.25, -0.2) is 4.68 Å². The van der Waals surface area contributed by atoms with Gasteiger partial charge in [0.25, 0.3) is 0 Å². The van der Waals surface area contributed by atoms with Gasteiger partial charge in [0.1, 0.15) is 12.3 Å². The summed E-state index contributed by atoms with van der Waals surface area (Å²) in [5, 5.41) is 12.3. The number of nitrogens with one attached hydrogen (secondary N) is 2. The minimum absolute atomic E-state index is 0.0391. The lowest BCUT2D eigenvalue weighted by molar-refractivity contribution is -0.119. The number of carbonyl (C=O) groups excluding carboxylic acids is 2. The van der Waals surface area contributed by atoms with Crippen LogP contribution in [-0.4, -0.2) is 35.3 Å². The van der Waals surface area contributed by atoms with Crippen molar-refractivity contribution in [3.8, 4) is 16.3 Å². The number of benzene rings is 2. The van der Waals surface area contributed by atoms with Gasteiger partial charge in [-0.2, -0.15) is 5.10 Å². The van der Waals surface area contributed by atoms with Gasteiger partial charge < -0.3 is 15.4 Å². The number of para-hydroxylation sites is 1. The number of thiophene rings is 1. The van der Waals surface area contributed by atoms with Gasteiger partial charge in [-0.1, -0.05) is 30.3 Å². The predicted molar refractivity (Wildman–Crippen MR) is 131 cm³/mol. The maximum atomic E-state index is 12.6. The summed E-state index contributed by atoms with van der Waals surface area (Å²) in [6.07, 6.45) is 5.13. The fourth-order valence-corrected chi connectivity index (χ4v) is 3.91. The number of amides is 2. The summed E-state index contributed by atoms with van der Waals surface area (Å²) in [5.74, 6) is -0.558. The fraction of sp³-hybridized carbons (Fsp3) is 0.0800. The lowest BCUT2D eigenvalue weighted by Gasteiger charge is -2.07. The molecule has 2 aromatic carbocycles. The molecule has 166 valence electrons. The fourth-order valence-electron chi connectivity index (χ4n) is 3.18. The van der Waals surface area contributed by atoms with Crippen LogP contribution < -0.4 is 10.6 Å². The first kappa shape index (κ1) is 22.2. The number of hydrogen-bond donors (Lipinski definition) is 2. The number of carbonyl (C=O) groups is 2. The van der Waals surface area contributed by atoms with Crippen molar-refractivity contribution in [1.29, 1.82) is 0 Å². The van der Waals surface area contributed by atoms with Crippen molar-refractivity contribution in [3.05, 3.63) is 89.9 Å². The quantitative estimate of drug-likeness (QED) is 0.370. The number of anilines is 2. The van der Waals surface area contributed by atoms with E-state index in [-0.39, 0.29) is 18.4 Å². The largest absolute Gasteiger partial charge is 0.375 e. The van der Waals surface area contributed by atoms with E-state index >= 15 is 0 Å². The molecule has 4 rings (SSSR count). The molecule has 7 nitrogen and oxygen atoms in total. The topological polar surface area (TPSA) is 85.3 Å². The molecule has 0 aliphatic carbocycles. The van der Waals surface area contributed by atoms with Crippen molar-refractivity contribution in [2.75, 3.05) is 24.4 Å². The molecule has 0 fully saturated rings. The van der Waals surface area contributed by atoms with Crippen LogP contribution in [0.5, 0.6) is 0 Å². The van der Waals surface area contributed by atoms with E-state index in [4.69, 9.17) is 9.84 Å². The maximum Gasteiger partial charge on any atom is 0.250 e. The molecule has 33 heavy (non-hydrogen) atoms. The zero-order valence-corrected chi connectivity index (χ0v) is 18.7. The summed E-state index contributed by atoms with van der Waals surface area (Å²) in [7, 11) is 1.45. The molecule has 2 N–H and O–H groups in total. The molecular formula is C25H22N4O3S. The van der Waals surface area contributed by atoms with E-state index in [1.165, 1.54) is 13.2 Å². The van der Waals surface area contributed by atoms with Gasteiger partial charge in [0, 0.05) is 36.3 Å². The smallest absolute Gasteiger partial charge is 0.250 e. The molecule has 0 atom stereocenters. The molecule has 2 heterocycles. The van der Waals surface area contributed by atoms with Crippen LogP contribution in [0.15, 0.2) is 84.4 Å². The summed E-state index contributed by atoms with van der Waals surface area (Å²) >= 11 is 1.59. The predicted octanol–water partition coefficient (Wildman–Crippen LogP) is 4.84. The molecule has 0 radical (unpaired) electrons. The number of nitrogens with zero attached hydrogens (tertiary/aromatic N) is 2. The molecule has 0 bridgehead atoms. The van der Waals surface area contributed by atoms with Crippen molar-refractivity contribution in [2.24, 2.45) is 0 Å². The van der Waals surface area contributed by atoms with Crippen LogP contribution in [0.4, 0.5) is 11.4 Å². The van der Waals surface area contributed by atoms with E-state index in [1.807, 2.05) is 54.0 Å². The normalized spacial score (nSPS) is 10.9. The Balaban J connectivity index is 1.51. The Morgan fingerprint density at radius 3 is 2.55 bits per heavy atom. The van der Waals surface area contributed by atoms with Gasteiger partial charge in [-0.3, -0.25) is 9.59 Å². The Morgan fingerprint density at radius 1 is 1.03 bits per heavy atom. The van der Waals surface area contributed by atoms with E-state index in [0.29, 0.717) is 11.4 Å². The Hall–Kier alpha value is -4.01. The molecule has 2 amide bonds. The van der Waals surface area contributed by atoms with Crippen LogP contribution in [0.3, 0.4) is 0 Å². The SMILES string of the molecule is COCC(=O)Nc1cccc(NC(=O)/C=C/c2cn(-c3ccccc3)nc2-c2cccs2)c1. The highest BCUT2D eigenvalue weighted by Gasteiger charge is 2.12. The van der Waals surface area contributed by atoms with Gasteiger partial charge in [0.05, 0.1) is 10.6 Å². The summed E-state index contributed by atoms with van der Waals surface area (Å²) in [6, 6.07) is 20.7. The Bertz CT molecular complexity index is 1260.